The lowest BCUT2D eigenvalue weighted by molar-refractivity contribution is 0.376. The Morgan fingerprint density at radius 3 is 2.81 bits per heavy atom. The van der Waals surface area contributed by atoms with Crippen LogP contribution in [0.3, 0.4) is 0 Å². The van der Waals surface area contributed by atoms with E-state index in [1.807, 2.05) is 6.07 Å². The van der Waals surface area contributed by atoms with Gasteiger partial charge in [-0.2, -0.15) is 0 Å². The van der Waals surface area contributed by atoms with Crippen LogP contribution in [0.2, 0.25) is 5.15 Å². The van der Waals surface area contributed by atoms with Crippen molar-refractivity contribution in [3.05, 3.63) is 21.3 Å². The third-order valence-electron chi connectivity index (χ3n) is 2.90. The van der Waals surface area contributed by atoms with Crippen LogP contribution in [0.4, 0.5) is 0 Å². The van der Waals surface area contributed by atoms with Gasteiger partial charge in [0.05, 0.1) is 11.6 Å². The van der Waals surface area contributed by atoms with Crippen molar-refractivity contribution in [3.8, 4) is 5.88 Å². The molecule has 1 aromatic heterocycles. The molecule has 0 aliphatic carbocycles. The average molecular weight is 306 g/mol. The third-order valence-corrected chi connectivity index (χ3v) is 4.02. The summed E-state index contributed by atoms with van der Waals surface area (Å²) in [5.41, 5.74) is 1.15. The number of rotatable bonds is 2. The SMILES string of the molecule is COc1nc(Cl)c(Br)cc1C1CCNCC1. The zero-order chi connectivity index (χ0) is 11.5. The molecule has 1 fully saturated rings. The molecular weight excluding hydrogens is 291 g/mol. The normalized spacial score (nSPS) is 17.4. The minimum Gasteiger partial charge on any atom is -0.481 e. The summed E-state index contributed by atoms with van der Waals surface area (Å²) >= 11 is 9.36. The maximum atomic E-state index is 5.95. The Bertz CT molecular complexity index is 380. The Labute approximate surface area is 109 Å². The number of halogens is 2. The zero-order valence-electron chi connectivity index (χ0n) is 9.09. The lowest BCUT2D eigenvalue weighted by Gasteiger charge is -2.24. The van der Waals surface area contributed by atoms with Gasteiger partial charge in [-0.1, -0.05) is 11.6 Å². The molecule has 3 nitrogen and oxygen atoms in total. The zero-order valence-corrected chi connectivity index (χ0v) is 11.4. The lowest BCUT2D eigenvalue weighted by Crippen LogP contribution is -2.27. The van der Waals surface area contributed by atoms with E-state index in [1.165, 1.54) is 0 Å². The number of ether oxygens (including phenoxy) is 1. The van der Waals surface area contributed by atoms with Crippen molar-refractivity contribution >= 4 is 27.5 Å². The van der Waals surface area contributed by atoms with Gasteiger partial charge in [-0.25, -0.2) is 4.98 Å². The number of hydrogen-bond acceptors (Lipinski definition) is 3. The molecule has 0 atom stereocenters. The fraction of sp³-hybridized carbons (Fsp3) is 0.545. The number of hydrogen-bond donors (Lipinski definition) is 1. The van der Waals surface area contributed by atoms with Gasteiger partial charge in [-0.15, -0.1) is 0 Å². The summed E-state index contributed by atoms with van der Waals surface area (Å²) in [5, 5.41) is 3.80. The molecule has 0 amide bonds. The predicted octanol–water partition coefficient (Wildman–Crippen LogP) is 2.97. The first-order valence-electron chi connectivity index (χ1n) is 5.33. The third kappa shape index (κ3) is 2.50. The quantitative estimate of drug-likeness (QED) is 0.853. The maximum Gasteiger partial charge on any atom is 0.218 e. The van der Waals surface area contributed by atoms with Gasteiger partial charge in [-0.3, -0.25) is 0 Å². The van der Waals surface area contributed by atoms with Crippen LogP contribution in [0, 0.1) is 0 Å². The van der Waals surface area contributed by atoms with Gasteiger partial charge in [0.25, 0.3) is 0 Å². The molecule has 0 radical (unpaired) electrons. The molecule has 16 heavy (non-hydrogen) atoms. The molecule has 1 aliphatic heterocycles. The van der Waals surface area contributed by atoms with E-state index in [0.29, 0.717) is 17.0 Å². The van der Waals surface area contributed by atoms with Crippen LogP contribution in [0.1, 0.15) is 24.3 Å². The van der Waals surface area contributed by atoms with Gasteiger partial charge < -0.3 is 10.1 Å². The van der Waals surface area contributed by atoms with Crippen molar-refractivity contribution in [2.45, 2.75) is 18.8 Å². The van der Waals surface area contributed by atoms with Crippen molar-refractivity contribution in [1.82, 2.24) is 10.3 Å². The van der Waals surface area contributed by atoms with E-state index < -0.39 is 0 Å². The van der Waals surface area contributed by atoms with Crippen molar-refractivity contribution in [3.63, 3.8) is 0 Å². The first-order valence-corrected chi connectivity index (χ1v) is 6.50. The fourth-order valence-electron chi connectivity index (χ4n) is 2.05. The second-order valence-corrected chi connectivity index (χ2v) is 5.10. The molecule has 1 N–H and O–H groups in total. The maximum absolute atomic E-state index is 5.95. The van der Waals surface area contributed by atoms with Gasteiger partial charge in [-0.05, 0) is 53.8 Å². The van der Waals surface area contributed by atoms with Crippen LogP contribution in [-0.4, -0.2) is 25.2 Å². The van der Waals surface area contributed by atoms with Gasteiger partial charge in [0.1, 0.15) is 5.15 Å². The van der Waals surface area contributed by atoms with Gasteiger partial charge in [0.2, 0.25) is 5.88 Å². The van der Waals surface area contributed by atoms with Gasteiger partial charge in [0, 0.05) is 5.56 Å². The summed E-state index contributed by atoms with van der Waals surface area (Å²) in [7, 11) is 1.64. The largest absolute Gasteiger partial charge is 0.481 e. The van der Waals surface area contributed by atoms with E-state index in [4.69, 9.17) is 16.3 Å². The summed E-state index contributed by atoms with van der Waals surface area (Å²) in [6.45, 7) is 2.10. The van der Waals surface area contributed by atoms with Crippen LogP contribution in [0.5, 0.6) is 5.88 Å². The molecule has 1 aliphatic rings. The van der Waals surface area contributed by atoms with Crippen LogP contribution in [0.25, 0.3) is 0 Å². The number of piperidine rings is 1. The molecule has 88 valence electrons. The van der Waals surface area contributed by atoms with Crippen LogP contribution >= 0.6 is 27.5 Å². The number of pyridine rings is 1. The molecule has 0 bridgehead atoms. The molecule has 2 rings (SSSR count). The summed E-state index contributed by atoms with van der Waals surface area (Å²) in [6.07, 6.45) is 2.23. The smallest absolute Gasteiger partial charge is 0.218 e. The molecule has 0 aromatic carbocycles. The molecule has 1 saturated heterocycles. The van der Waals surface area contributed by atoms with Crippen molar-refractivity contribution in [2.75, 3.05) is 20.2 Å². The van der Waals surface area contributed by atoms with Crippen LogP contribution in [-0.2, 0) is 0 Å². The van der Waals surface area contributed by atoms with E-state index in [0.717, 1.165) is 36.0 Å². The fourth-order valence-corrected chi connectivity index (χ4v) is 2.52. The Balaban J connectivity index is 2.33. The minimum atomic E-state index is 0.453. The number of nitrogens with zero attached hydrogens (tertiary/aromatic N) is 1. The van der Waals surface area contributed by atoms with Crippen LogP contribution < -0.4 is 10.1 Å². The monoisotopic (exact) mass is 304 g/mol. The van der Waals surface area contributed by atoms with E-state index in [-0.39, 0.29) is 0 Å². The first kappa shape index (κ1) is 12.1. The predicted molar refractivity (Wildman–Crippen MR) is 68.3 cm³/mol. The number of nitrogens with one attached hydrogen (secondary N) is 1. The van der Waals surface area contributed by atoms with Crippen molar-refractivity contribution in [2.24, 2.45) is 0 Å². The molecular formula is C11H14BrClN2O. The summed E-state index contributed by atoms with van der Waals surface area (Å²) in [4.78, 5) is 4.24. The van der Waals surface area contributed by atoms with Crippen molar-refractivity contribution in [1.29, 1.82) is 0 Å². The summed E-state index contributed by atoms with van der Waals surface area (Å²) in [6, 6.07) is 2.03. The standard InChI is InChI=1S/C11H14BrClN2O/c1-16-11-8(6-9(12)10(13)15-11)7-2-4-14-5-3-7/h6-7,14H,2-5H2,1H3. The number of methoxy groups -OCH3 is 1. The molecule has 5 heteroatoms. The van der Waals surface area contributed by atoms with E-state index in [2.05, 4.69) is 26.2 Å². The Morgan fingerprint density at radius 1 is 1.50 bits per heavy atom. The highest BCUT2D eigenvalue weighted by Crippen LogP contribution is 2.35. The van der Waals surface area contributed by atoms with E-state index in [9.17, 15) is 0 Å². The summed E-state index contributed by atoms with van der Waals surface area (Å²) < 4.78 is 6.13. The lowest BCUT2D eigenvalue weighted by atomic mass is 9.91. The Hall–Kier alpha value is -0.320. The molecule has 0 unspecified atom stereocenters. The Kier molecular flexibility index (Phi) is 4.05. The van der Waals surface area contributed by atoms with E-state index in [1.54, 1.807) is 7.11 Å². The molecule has 0 saturated carbocycles. The topological polar surface area (TPSA) is 34.1 Å². The molecule has 2 heterocycles. The first-order chi connectivity index (χ1) is 7.72. The highest BCUT2D eigenvalue weighted by Gasteiger charge is 2.21. The van der Waals surface area contributed by atoms with Crippen molar-refractivity contribution < 1.29 is 4.74 Å². The average Bonchev–Trinajstić information content (AvgIpc) is 2.33. The highest BCUT2D eigenvalue weighted by molar-refractivity contribution is 9.10. The Morgan fingerprint density at radius 2 is 2.19 bits per heavy atom. The molecule has 1 aromatic rings. The van der Waals surface area contributed by atoms with E-state index >= 15 is 0 Å². The second-order valence-electron chi connectivity index (χ2n) is 3.88. The van der Waals surface area contributed by atoms with Gasteiger partial charge >= 0.3 is 0 Å². The van der Waals surface area contributed by atoms with Crippen LogP contribution in [0.15, 0.2) is 10.5 Å². The second kappa shape index (κ2) is 5.34. The number of aromatic nitrogens is 1. The molecule has 0 spiro atoms. The minimum absolute atomic E-state index is 0.453. The summed E-state index contributed by atoms with van der Waals surface area (Å²) in [5.74, 6) is 1.16. The van der Waals surface area contributed by atoms with Gasteiger partial charge in [0.15, 0.2) is 0 Å². The highest BCUT2D eigenvalue weighted by atomic mass is 79.9.